The number of ether oxygens (including phenoxy) is 1. The highest BCUT2D eigenvalue weighted by Crippen LogP contribution is 2.36. The zero-order valence-electron chi connectivity index (χ0n) is 21.9. The highest BCUT2D eigenvalue weighted by atomic mass is 35.5. The second-order valence-corrected chi connectivity index (χ2v) is 9.39. The second kappa shape index (κ2) is 13.4. The number of alkyl halides is 3. The molecule has 1 aromatic heterocycles. The van der Waals surface area contributed by atoms with Crippen LogP contribution in [0.1, 0.15) is 17.5 Å². The number of hydrogen-bond donors (Lipinski definition) is 5. The molecule has 0 fully saturated rings. The molecule has 0 saturated heterocycles. The summed E-state index contributed by atoms with van der Waals surface area (Å²) in [6.45, 7) is 0.0582. The lowest BCUT2D eigenvalue weighted by Gasteiger charge is -2.18. The van der Waals surface area contributed by atoms with E-state index in [-0.39, 0.29) is 42.8 Å². The summed E-state index contributed by atoms with van der Waals surface area (Å²) >= 11 is 6.37. The van der Waals surface area contributed by atoms with Gasteiger partial charge in [0.25, 0.3) is 0 Å². The van der Waals surface area contributed by atoms with Crippen molar-refractivity contribution in [3.05, 3.63) is 70.5 Å². The Kier molecular flexibility index (Phi) is 9.70. The van der Waals surface area contributed by atoms with Crippen LogP contribution in [0.4, 0.5) is 35.3 Å². The van der Waals surface area contributed by atoms with Crippen LogP contribution in [0.15, 0.2) is 54.4 Å². The normalized spacial score (nSPS) is 12.7. The molecule has 4 rings (SSSR count). The van der Waals surface area contributed by atoms with Crippen molar-refractivity contribution in [1.82, 2.24) is 20.2 Å². The van der Waals surface area contributed by atoms with Gasteiger partial charge in [-0.15, -0.1) is 0 Å². The number of carbonyl (C=O) groups is 2. The van der Waals surface area contributed by atoms with Crippen LogP contribution < -0.4 is 20.7 Å². The van der Waals surface area contributed by atoms with Crippen LogP contribution in [0.25, 0.3) is 6.08 Å². The highest BCUT2D eigenvalue weighted by molar-refractivity contribution is 6.32. The molecule has 0 radical (unpaired) electrons. The van der Waals surface area contributed by atoms with E-state index in [1.165, 1.54) is 30.6 Å². The number of carbonyl (C=O) groups excluding carboxylic acids is 1. The van der Waals surface area contributed by atoms with Gasteiger partial charge in [-0.25, -0.2) is 14.8 Å². The first-order valence-electron chi connectivity index (χ1n) is 12.6. The minimum absolute atomic E-state index is 0.00784. The number of aromatic nitrogens is 2. The van der Waals surface area contributed by atoms with Crippen molar-refractivity contribution in [1.29, 1.82) is 0 Å². The molecule has 0 unspecified atom stereocenters. The fourth-order valence-electron chi connectivity index (χ4n) is 4.02. The lowest BCUT2D eigenvalue weighted by Crippen LogP contribution is -2.39. The van der Waals surface area contributed by atoms with Gasteiger partial charge >= 0.3 is 12.3 Å². The number of benzene rings is 2. The summed E-state index contributed by atoms with van der Waals surface area (Å²) in [7, 11) is 0. The number of nitrogens with zero attached hydrogens (tertiary/aromatic N) is 3. The van der Waals surface area contributed by atoms with Gasteiger partial charge in [-0.3, -0.25) is 4.79 Å². The number of nitrogens with one attached hydrogen (secondary N) is 3. The molecule has 3 aromatic rings. The molecule has 0 atom stereocenters. The van der Waals surface area contributed by atoms with E-state index in [0.29, 0.717) is 41.4 Å². The average Bonchev–Trinajstić information content (AvgIpc) is 3.17. The monoisotopic (exact) mass is 606 g/mol. The van der Waals surface area contributed by atoms with Crippen molar-refractivity contribution in [2.75, 3.05) is 43.4 Å². The molecule has 11 nitrogen and oxygen atoms in total. The van der Waals surface area contributed by atoms with Gasteiger partial charge in [0.2, 0.25) is 5.91 Å². The Morgan fingerprint density at radius 2 is 1.95 bits per heavy atom. The van der Waals surface area contributed by atoms with Crippen molar-refractivity contribution >= 4 is 47.0 Å². The molecule has 5 N–H and O–H groups in total. The summed E-state index contributed by atoms with van der Waals surface area (Å²) in [4.78, 5) is 33.6. The van der Waals surface area contributed by atoms with E-state index in [2.05, 4.69) is 25.9 Å². The van der Waals surface area contributed by atoms with E-state index in [1.807, 2.05) is 0 Å². The molecular formula is C27H26ClF3N6O5. The summed E-state index contributed by atoms with van der Waals surface area (Å²) < 4.78 is 44.7. The van der Waals surface area contributed by atoms with Gasteiger partial charge in [0.1, 0.15) is 29.5 Å². The number of anilines is 3. The number of aliphatic hydroxyl groups excluding tert-OH is 1. The Balaban J connectivity index is 1.49. The number of carboxylic acid groups (broad SMARTS) is 1. The minimum atomic E-state index is -4.52. The standard InChI is InChI=1S/C27H26ClF3N6O5/c28-21-14-18(4-5-22(21)42-19-3-1-2-17(13-19)27(29,30)31)36-24-20-12-16(6-7-32-23(20)34-15-35-24)25(39)33-8-9-37(10-11-38)26(40)41/h1-5,12-15,38H,6-11H2,(H,33,39)(H,40,41)(H2,32,34,35,36). The third kappa shape index (κ3) is 7.79. The summed E-state index contributed by atoms with van der Waals surface area (Å²) in [5.74, 6) is 0.546. The van der Waals surface area contributed by atoms with Crippen LogP contribution in [0.3, 0.4) is 0 Å². The van der Waals surface area contributed by atoms with Crippen LogP contribution in [-0.2, 0) is 11.0 Å². The van der Waals surface area contributed by atoms with E-state index in [0.717, 1.165) is 17.0 Å². The first kappa shape index (κ1) is 30.4. The Labute approximate surface area is 243 Å². The Hall–Kier alpha value is -4.56. The number of amides is 2. The van der Waals surface area contributed by atoms with Crippen molar-refractivity contribution < 1.29 is 37.7 Å². The van der Waals surface area contributed by atoms with Crippen molar-refractivity contribution in [2.45, 2.75) is 12.6 Å². The van der Waals surface area contributed by atoms with Crippen molar-refractivity contribution in [3.8, 4) is 11.5 Å². The van der Waals surface area contributed by atoms with Crippen LogP contribution >= 0.6 is 11.6 Å². The second-order valence-electron chi connectivity index (χ2n) is 8.98. The molecule has 2 aromatic carbocycles. The first-order chi connectivity index (χ1) is 20.0. The SMILES string of the molecule is O=C(NCCN(CCO)C(=O)O)C1=Cc2c(ncnc2Nc2ccc(Oc3cccc(C(F)(F)F)c3)c(Cl)c2)NCC1. The quantitative estimate of drug-likeness (QED) is 0.216. The van der Waals surface area contributed by atoms with Crippen molar-refractivity contribution in [3.63, 3.8) is 0 Å². The minimum Gasteiger partial charge on any atom is -0.465 e. The van der Waals surface area contributed by atoms with E-state index >= 15 is 0 Å². The largest absolute Gasteiger partial charge is 0.465 e. The fraction of sp³-hybridized carbons (Fsp3) is 0.259. The zero-order valence-corrected chi connectivity index (χ0v) is 22.7. The van der Waals surface area contributed by atoms with Crippen LogP contribution in [0.5, 0.6) is 11.5 Å². The zero-order chi connectivity index (χ0) is 30.3. The molecular weight excluding hydrogens is 581 g/mol. The van der Waals surface area contributed by atoms with Gasteiger partial charge in [0, 0.05) is 37.4 Å². The van der Waals surface area contributed by atoms with E-state index in [9.17, 15) is 22.8 Å². The summed E-state index contributed by atoms with van der Waals surface area (Å²) in [5.41, 5.74) is 0.537. The van der Waals surface area contributed by atoms with E-state index < -0.39 is 23.7 Å². The number of fused-ring (bicyclic) bond motifs is 1. The van der Waals surface area contributed by atoms with E-state index in [4.69, 9.17) is 26.6 Å². The predicted octanol–water partition coefficient (Wildman–Crippen LogP) is 4.97. The Morgan fingerprint density at radius 3 is 2.67 bits per heavy atom. The van der Waals surface area contributed by atoms with Gasteiger partial charge in [-0.1, -0.05) is 17.7 Å². The lowest BCUT2D eigenvalue weighted by atomic mass is 10.1. The fourth-order valence-corrected chi connectivity index (χ4v) is 4.24. The molecule has 0 aliphatic carbocycles. The Morgan fingerprint density at radius 1 is 1.14 bits per heavy atom. The first-order valence-corrected chi connectivity index (χ1v) is 13.0. The van der Waals surface area contributed by atoms with Crippen LogP contribution in [0.2, 0.25) is 5.02 Å². The number of rotatable bonds is 10. The summed E-state index contributed by atoms with van der Waals surface area (Å²) in [6.07, 6.45) is -2.40. The van der Waals surface area contributed by atoms with Crippen LogP contribution in [-0.4, -0.2) is 69.9 Å². The third-order valence-electron chi connectivity index (χ3n) is 6.07. The molecule has 1 aliphatic rings. The summed E-state index contributed by atoms with van der Waals surface area (Å²) in [6, 6.07) is 9.06. The van der Waals surface area contributed by atoms with Gasteiger partial charge in [0.15, 0.2) is 0 Å². The highest BCUT2D eigenvalue weighted by Gasteiger charge is 2.30. The molecule has 2 amide bonds. The molecule has 2 heterocycles. The summed E-state index contributed by atoms with van der Waals surface area (Å²) in [5, 5.41) is 27.2. The van der Waals surface area contributed by atoms with Gasteiger partial charge in [0.05, 0.1) is 22.8 Å². The lowest BCUT2D eigenvalue weighted by molar-refractivity contribution is -0.137. The number of hydrogen-bond acceptors (Lipinski definition) is 8. The molecule has 1 aliphatic heterocycles. The molecule has 0 spiro atoms. The molecule has 15 heteroatoms. The number of aliphatic hydroxyl groups is 1. The average molecular weight is 607 g/mol. The maximum atomic E-state index is 13.0. The van der Waals surface area contributed by atoms with E-state index in [1.54, 1.807) is 12.1 Å². The van der Waals surface area contributed by atoms with Crippen molar-refractivity contribution in [2.24, 2.45) is 0 Å². The number of halogens is 4. The van der Waals surface area contributed by atoms with Gasteiger partial charge < -0.3 is 35.8 Å². The van der Waals surface area contributed by atoms with Crippen LogP contribution in [0, 0.1) is 0 Å². The topological polar surface area (TPSA) is 149 Å². The smallest absolute Gasteiger partial charge is 0.416 e. The van der Waals surface area contributed by atoms with Gasteiger partial charge in [-0.05, 0) is 48.9 Å². The predicted molar refractivity (Wildman–Crippen MR) is 149 cm³/mol. The molecule has 0 bridgehead atoms. The van der Waals surface area contributed by atoms with Gasteiger partial charge in [-0.2, -0.15) is 13.2 Å². The maximum absolute atomic E-state index is 13.0. The molecule has 0 saturated carbocycles. The molecule has 42 heavy (non-hydrogen) atoms. The maximum Gasteiger partial charge on any atom is 0.416 e. The third-order valence-corrected chi connectivity index (χ3v) is 6.37. The molecule has 222 valence electrons. The Bertz CT molecular complexity index is 1490.